The van der Waals surface area contributed by atoms with Crippen molar-refractivity contribution in [2.24, 2.45) is 5.92 Å². The molecule has 4 rings (SSSR count). The molecule has 0 unspecified atom stereocenters. The van der Waals surface area contributed by atoms with E-state index in [1.807, 2.05) is 0 Å². The predicted molar refractivity (Wildman–Crippen MR) is 120 cm³/mol. The lowest BCUT2D eigenvalue weighted by atomic mass is 10.0. The SMILES string of the molecule is C[C@@H]1c2ccccc2C[C@@H]1Nc1ccc(CN(C)C(=O)C2CCS(=O)(=O)CC2)cc1. The highest BCUT2D eigenvalue weighted by Crippen LogP contribution is 2.34. The lowest BCUT2D eigenvalue weighted by Gasteiger charge is -2.26. The molecule has 1 aliphatic heterocycles. The molecule has 1 saturated heterocycles. The second-order valence-corrected chi connectivity index (χ2v) is 11.1. The number of carbonyl (C=O) groups excluding carboxylic acids is 1. The van der Waals surface area contributed by atoms with Crippen molar-refractivity contribution in [3.63, 3.8) is 0 Å². The number of rotatable bonds is 5. The number of nitrogens with one attached hydrogen (secondary N) is 1. The number of anilines is 1. The van der Waals surface area contributed by atoms with Gasteiger partial charge in [-0.25, -0.2) is 8.42 Å². The lowest BCUT2D eigenvalue weighted by Crippen LogP contribution is -2.37. The average Bonchev–Trinajstić information content (AvgIpc) is 3.04. The summed E-state index contributed by atoms with van der Waals surface area (Å²) in [5.41, 5.74) is 5.02. The molecule has 0 spiro atoms. The van der Waals surface area contributed by atoms with Gasteiger partial charge in [-0.2, -0.15) is 0 Å². The largest absolute Gasteiger partial charge is 0.381 e. The van der Waals surface area contributed by atoms with Gasteiger partial charge in [0.1, 0.15) is 9.84 Å². The molecule has 5 nitrogen and oxygen atoms in total. The fourth-order valence-corrected chi connectivity index (χ4v) is 6.18. The van der Waals surface area contributed by atoms with Crippen molar-refractivity contribution >= 4 is 21.4 Å². The molecule has 1 heterocycles. The van der Waals surface area contributed by atoms with Gasteiger partial charge < -0.3 is 10.2 Å². The highest BCUT2D eigenvalue weighted by Gasteiger charge is 2.30. The highest BCUT2D eigenvalue weighted by atomic mass is 32.2. The molecule has 6 heteroatoms. The van der Waals surface area contributed by atoms with Crippen LogP contribution in [0.4, 0.5) is 5.69 Å². The summed E-state index contributed by atoms with van der Waals surface area (Å²) in [6.45, 7) is 2.81. The monoisotopic (exact) mass is 426 g/mol. The molecule has 2 aromatic carbocycles. The van der Waals surface area contributed by atoms with E-state index >= 15 is 0 Å². The van der Waals surface area contributed by atoms with E-state index in [1.165, 1.54) is 11.1 Å². The van der Waals surface area contributed by atoms with E-state index in [4.69, 9.17) is 0 Å². The Bertz CT molecular complexity index is 1000. The van der Waals surface area contributed by atoms with Gasteiger partial charge in [0.05, 0.1) is 11.5 Å². The lowest BCUT2D eigenvalue weighted by molar-refractivity contribution is -0.135. The zero-order chi connectivity index (χ0) is 21.3. The summed E-state index contributed by atoms with van der Waals surface area (Å²) < 4.78 is 23.2. The Hall–Kier alpha value is -2.34. The van der Waals surface area contributed by atoms with Crippen LogP contribution in [0.25, 0.3) is 0 Å². The molecule has 1 N–H and O–H groups in total. The van der Waals surface area contributed by atoms with Gasteiger partial charge in [-0.3, -0.25) is 4.79 Å². The summed E-state index contributed by atoms with van der Waals surface area (Å²) in [5, 5.41) is 3.66. The Balaban J connectivity index is 1.32. The number of hydrogen-bond donors (Lipinski definition) is 1. The molecule has 1 amide bonds. The summed E-state index contributed by atoms with van der Waals surface area (Å²) >= 11 is 0. The molecule has 0 radical (unpaired) electrons. The predicted octanol–water partition coefficient (Wildman–Crippen LogP) is 3.61. The number of hydrogen-bond acceptors (Lipinski definition) is 4. The second-order valence-electron chi connectivity index (χ2n) is 8.76. The van der Waals surface area contributed by atoms with E-state index in [2.05, 4.69) is 60.8 Å². The van der Waals surface area contributed by atoms with Gasteiger partial charge in [-0.15, -0.1) is 0 Å². The quantitative estimate of drug-likeness (QED) is 0.793. The van der Waals surface area contributed by atoms with Crippen LogP contribution in [0.1, 0.15) is 42.4 Å². The first-order valence-corrected chi connectivity index (χ1v) is 12.5. The third kappa shape index (κ3) is 4.53. The zero-order valence-corrected chi connectivity index (χ0v) is 18.5. The molecule has 0 aromatic heterocycles. The summed E-state index contributed by atoms with van der Waals surface area (Å²) in [6.07, 6.45) is 1.92. The van der Waals surface area contributed by atoms with Crippen molar-refractivity contribution in [1.82, 2.24) is 4.90 Å². The molecule has 30 heavy (non-hydrogen) atoms. The van der Waals surface area contributed by atoms with Crippen LogP contribution in [0.3, 0.4) is 0 Å². The number of carbonyl (C=O) groups is 1. The van der Waals surface area contributed by atoms with Crippen molar-refractivity contribution in [1.29, 1.82) is 0 Å². The smallest absolute Gasteiger partial charge is 0.225 e. The number of fused-ring (bicyclic) bond motifs is 1. The third-order valence-electron chi connectivity index (χ3n) is 6.59. The minimum atomic E-state index is -2.95. The van der Waals surface area contributed by atoms with Crippen LogP contribution < -0.4 is 5.32 Å². The van der Waals surface area contributed by atoms with Gasteiger partial charge in [-0.1, -0.05) is 43.3 Å². The molecular weight excluding hydrogens is 396 g/mol. The fourth-order valence-electron chi connectivity index (χ4n) is 4.69. The molecule has 2 aliphatic rings. The Labute approximate surface area is 179 Å². The van der Waals surface area contributed by atoms with Crippen LogP contribution >= 0.6 is 0 Å². The van der Waals surface area contributed by atoms with E-state index in [0.29, 0.717) is 31.3 Å². The third-order valence-corrected chi connectivity index (χ3v) is 8.31. The number of amides is 1. The van der Waals surface area contributed by atoms with Gasteiger partial charge in [0, 0.05) is 37.2 Å². The Morgan fingerprint density at radius 3 is 2.40 bits per heavy atom. The summed E-state index contributed by atoms with van der Waals surface area (Å²) in [4.78, 5) is 14.4. The van der Waals surface area contributed by atoms with Crippen LogP contribution in [0.2, 0.25) is 0 Å². The van der Waals surface area contributed by atoms with Crippen molar-refractivity contribution in [3.8, 4) is 0 Å². The highest BCUT2D eigenvalue weighted by molar-refractivity contribution is 7.91. The molecule has 160 valence electrons. The maximum Gasteiger partial charge on any atom is 0.225 e. The maximum absolute atomic E-state index is 12.7. The number of nitrogens with zero attached hydrogens (tertiary/aromatic N) is 1. The molecule has 0 bridgehead atoms. The fraction of sp³-hybridized carbons (Fsp3) is 0.458. The summed E-state index contributed by atoms with van der Waals surface area (Å²) in [6, 6.07) is 17.3. The van der Waals surface area contributed by atoms with Gasteiger partial charge in [-0.05, 0) is 48.1 Å². The molecule has 0 saturated carbocycles. The Kier molecular flexibility index (Phi) is 5.87. The maximum atomic E-state index is 12.7. The van der Waals surface area contributed by atoms with Crippen LogP contribution in [-0.2, 0) is 27.6 Å². The van der Waals surface area contributed by atoms with E-state index in [1.54, 1.807) is 11.9 Å². The molecule has 2 aromatic rings. The van der Waals surface area contributed by atoms with E-state index < -0.39 is 9.84 Å². The first kappa shape index (κ1) is 20.9. The van der Waals surface area contributed by atoms with E-state index in [0.717, 1.165) is 17.7 Å². The second kappa shape index (κ2) is 8.42. The van der Waals surface area contributed by atoms with Crippen molar-refractivity contribution in [3.05, 3.63) is 65.2 Å². The Morgan fingerprint density at radius 2 is 1.73 bits per heavy atom. The zero-order valence-electron chi connectivity index (χ0n) is 17.7. The van der Waals surface area contributed by atoms with Gasteiger partial charge in [0.25, 0.3) is 0 Å². The molecule has 2 atom stereocenters. The normalized spacial score (nSPS) is 23.0. The minimum Gasteiger partial charge on any atom is -0.381 e. The van der Waals surface area contributed by atoms with E-state index in [-0.39, 0.29) is 23.3 Å². The van der Waals surface area contributed by atoms with Gasteiger partial charge in [0.2, 0.25) is 5.91 Å². The first-order valence-electron chi connectivity index (χ1n) is 10.7. The van der Waals surface area contributed by atoms with Gasteiger partial charge in [0.15, 0.2) is 0 Å². The topological polar surface area (TPSA) is 66.5 Å². The van der Waals surface area contributed by atoms with Crippen molar-refractivity contribution in [2.45, 2.75) is 44.7 Å². The van der Waals surface area contributed by atoms with Crippen LogP contribution in [0.15, 0.2) is 48.5 Å². The van der Waals surface area contributed by atoms with Crippen LogP contribution in [-0.4, -0.2) is 43.8 Å². The van der Waals surface area contributed by atoms with Crippen molar-refractivity contribution in [2.75, 3.05) is 23.9 Å². The standard InChI is InChI=1S/C24H30N2O3S/c1-17-22-6-4-3-5-20(22)15-23(17)25-21-9-7-18(8-10-21)16-26(2)24(27)19-11-13-30(28,29)14-12-19/h3-10,17,19,23,25H,11-16H2,1-2H3/t17-,23+/m1/s1. The summed E-state index contributed by atoms with van der Waals surface area (Å²) in [7, 11) is -1.15. The molecule has 1 aliphatic carbocycles. The number of benzene rings is 2. The first-order chi connectivity index (χ1) is 14.3. The van der Waals surface area contributed by atoms with Gasteiger partial charge >= 0.3 is 0 Å². The van der Waals surface area contributed by atoms with E-state index in [9.17, 15) is 13.2 Å². The summed E-state index contributed by atoms with van der Waals surface area (Å²) in [5.74, 6) is 0.598. The Morgan fingerprint density at radius 1 is 1.07 bits per heavy atom. The van der Waals surface area contributed by atoms with Crippen LogP contribution in [0, 0.1) is 5.92 Å². The average molecular weight is 427 g/mol. The van der Waals surface area contributed by atoms with Crippen LogP contribution in [0.5, 0.6) is 0 Å². The van der Waals surface area contributed by atoms with Crippen molar-refractivity contribution < 1.29 is 13.2 Å². The minimum absolute atomic E-state index is 0.0460. The molecular formula is C24H30N2O3S. The molecule has 1 fully saturated rings. The number of sulfone groups is 1.